The Morgan fingerprint density at radius 1 is 1.33 bits per heavy atom. The maximum absolute atomic E-state index is 12.1. The lowest BCUT2D eigenvalue weighted by molar-refractivity contribution is -0.909. The van der Waals surface area contributed by atoms with Gasteiger partial charge >= 0.3 is 0 Å². The van der Waals surface area contributed by atoms with Crippen molar-refractivity contribution in [3.05, 3.63) is 28.7 Å². The van der Waals surface area contributed by atoms with Gasteiger partial charge in [-0.2, -0.15) is 0 Å². The minimum atomic E-state index is -3.57. The molecule has 8 heteroatoms. The summed E-state index contributed by atoms with van der Waals surface area (Å²) in [5.41, 5.74) is 0. The van der Waals surface area contributed by atoms with Crippen molar-refractivity contribution in [3.63, 3.8) is 0 Å². The van der Waals surface area contributed by atoms with Crippen molar-refractivity contribution in [3.8, 4) is 0 Å². The first-order valence-electron chi connectivity index (χ1n) is 8.29. The SMILES string of the molecule is CC[NH+]1CCC[C@H]1CNC(=O)CCNS(=O)(=O)c1ccc(Br)cc1. The summed E-state index contributed by atoms with van der Waals surface area (Å²) in [7, 11) is -3.57. The van der Waals surface area contributed by atoms with E-state index in [2.05, 4.69) is 32.9 Å². The zero-order chi connectivity index (χ0) is 17.6. The van der Waals surface area contributed by atoms with E-state index in [1.54, 1.807) is 12.1 Å². The number of rotatable bonds is 8. The number of halogens is 1. The number of carbonyl (C=O) groups excluding carboxylic acids is 1. The van der Waals surface area contributed by atoms with Crippen LogP contribution < -0.4 is 14.9 Å². The van der Waals surface area contributed by atoms with Gasteiger partial charge in [0.15, 0.2) is 0 Å². The molecule has 1 heterocycles. The van der Waals surface area contributed by atoms with Gasteiger partial charge in [-0.15, -0.1) is 0 Å². The fraction of sp³-hybridized carbons (Fsp3) is 0.562. The van der Waals surface area contributed by atoms with Crippen LogP contribution in [0, 0.1) is 0 Å². The number of sulfonamides is 1. The summed E-state index contributed by atoms with van der Waals surface area (Å²) in [5.74, 6) is -0.115. The average Bonchev–Trinajstić information content (AvgIpc) is 3.00. The van der Waals surface area contributed by atoms with Gasteiger partial charge in [0.05, 0.1) is 24.5 Å². The highest BCUT2D eigenvalue weighted by molar-refractivity contribution is 9.10. The van der Waals surface area contributed by atoms with Gasteiger partial charge in [0.25, 0.3) is 0 Å². The molecule has 0 aromatic heterocycles. The second kappa shape index (κ2) is 8.94. The number of nitrogens with one attached hydrogen (secondary N) is 3. The number of amides is 1. The van der Waals surface area contributed by atoms with E-state index in [1.807, 2.05) is 0 Å². The Morgan fingerprint density at radius 2 is 2.04 bits per heavy atom. The van der Waals surface area contributed by atoms with Crippen molar-refractivity contribution in [1.82, 2.24) is 10.0 Å². The lowest BCUT2D eigenvalue weighted by atomic mass is 10.2. The Bertz CT molecular complexity index is 649. The van der Waals surface area contributed by atoms with Crippen molar-refractivity contribution in [1.29, 1.82) is 0 Å². The van der Waals surface area contributed by atoms with E-state index >= 15 is 0 Å². The van der Waals surface area contributed by atoms with Crippen LogP contribution in [0.2, 0.25) is 0 Å². The normalized spacial score (nSPS) is 20.9. The number of likely N-dealkylation sites (tertiary alicyclic amines) is 1. The van der Waals surface area contributed by atoms with E-state index in [4.69, 9.17) is 0 Å². The summed E-state index contributed by atoms with van der Waals surface area (Å²) in [5, 5.41) is 2.92. The van der Waals surface area contributed by atoms with Crippen molar-refractivity contribution in [2.45, 2.75) is 37.1 Å². The molecule has 6 nitrogen and oxygen atoms in total. The summed E-state index contributed by atoms with van der Waals surface area (Å²) in [6, 6.07) is 6.87. The summed E-state index contributed by atoms with van der Waals surface area (Å²) >= 11 is 3.27. The van der Waals surface area contributed by atoms with Crippen LogP contribution in [-0.4, -0.2) is 46.5 Å². The fourth-order valence-corrected chi connectivity index (χ4v) is 4.31. The summed E-state index contributed by atoms with van der Waals surface area (Å²) in [6.45, 7) is 5.17. The largest absolute Gasteiger partial charge is 0.350 e. The van der Waals surface area contributed by atoms with Crippen LogP contribution >= 0.6 is 15.9 Å². The molecular weight excluding hydrogens is 394 g/mol. The third kappa shape index (κ3) is 5.54. The lowest BCUT2D eigenvalue weighted by Gasteiger charge is -2.20. The molecule has 0 saturated carbocycles. The number of hydrogen-bond donors (Lipinski definition) is 3. The standard InChI is InChI=1S/C16H24BrN3O3S/c1-2-20-11-3-4-14(20)12-18-16(21)9-10-19-24(22,23)15-7-5-13(17)6-8-15/h5-8,14,19H,2-4,9-12H2,1H3,(H,18,21)/p+1/t14-/m0/s1. The van der Waals surface area contributed by atoms with Crippen LogP contribution in [-0.2, 0) is 14.8 Å². The van der Waals surface area contributed by atoms with Crippen LogP contribution in [0.1, 0.15) is 26.2 Å². The second-order valence-corrected chi connectivity index (χ2v) is 8.69. The zero-order valence-electron chi connectivity index (χ0n) is 13.8. The highest BCUT2D eigenvalue weighted by atomic mass is 79.9. The molecular formula is C16H25BrN3O3S+. The molecule has 1 saturated heterocycles. The third-order valence-corrected chi connectivity index (χ3v) is 6.40. The molecule has 24 heavy (non-hydrogen) atoms. The molecule has 0 radical (unpaired) electrons. The summed E-state index contributed by atoms with van der Waals surface area (Å²) in [4.78, 5) is 13.6. The Labute approximate surface area is 152 Å². The number of quaternary nitrogens is 1. The lowest BCUT2D eigenvalue weighted by Crippen LogP contribution is -3.14. The van der Waals surface area contributed by atoms with E-state index in [1.165, 1.54) is 30.0 Å². The number of hydrogen-bond acceptors (Lipinski definition) is 3. The van der Waals surface area contributed by atoms with Gasteiger partial charge in [-0.05, 0) is 31.2 Å². The fourth-order valence-electron chi connectivity index (χ4n) is 3.02. The van der Waals surface area contributed by atoms with Crippen LogP contribution in [0.5, 0.6) is 0 Å². The maximum Gasteiger partial charge on any atom is 0.240 e. The van der Waals surface area contributed by atoms with Crippen LogP contribution in [0.25, 0.3) is 0 Å². The predicted octanol–water partition coefficient (Wildman–Crippen LogP) is 0.301. The predicted molar refractivity (Wildman–Crippen MR) is 96.3 cm³/mol. The molecule has 2 atom stereocenters. The first-order valence-corrected chi connectivity index (χ1v) is 10.6. The summed E-state index contributed by atoms with van der Waals surface area (Å²) in [6.07, 6.45) is 2.49. The minimum Gasteiger partial charge on any atom is -0.350 e. The number of likely N-dealkylation sites (N-methyl/N-ethyl adjacent to an activating group) is 1. The molecule has 0 bridgehead atoms. The second-order valence-electron chi connectivity index (χ2n) is 6.01. The average molecular weight is 419 g/mol. The van der Waals surface area contributed by atoms with Crippen molar-refractivity contribution in [2.75, 3.05) is 26.2 Å². The molecule has 3 N–H and O–H groups in total. The van der Waals surface area contributed by atoms with Gasteiger partial charge in [0.2, 0.25) is 15.9 Å². The van der Waals surface area contributed by atoms with Crippen LogP contribution in [0.3, 0.4) is 0 Å². The van der Waals surface area contributed by atoms with Crippen molar-refractivity contribution in [2.24, 2.45) is 0 Å². The number of benzene rings is 1. The zero-order valence-corrected chi connectivity index (χ0v) is 16.2. The van der Waals surface area contributed by atoms with Crippen molar-refractivity contribution >= 4 is 31.9 Å². The molecule has 0 spiro atoms. The van der Waals surface area contributed by atoms with Crippen molar-refractivity contribution < 1.29 is 18.1 Å². The van der Waals surface area contributed by atoms with Gasteiger partial charge < -0.3 is 10.2 Å². The molecule has 1 fully saturated rings. The molecule has 1 amide bonds. The van der Waals surface area contributed by atoms with Crippen LogP contribution in [0.15, 0.2) is 33.6 Å². The first-order chi connectivity index (χ1) is 11.4. The molecule has 1 unspecified atom stereocenters. The Morgan fingerprint density at radius 3 is 2.71 bits per heavy atom. The van der Waals surface area contributed by atoms with Gasteiger partial charge in [-0.3, -0.25) is 4.79 Å². The first kappa shape index (κ1) is 19.4. The molecule has 0 aliphatic carbocycles. The molecule has 1 aromatic carbocycles. The Balaban J connectivity index is 1.73. The smallest absolute Gasteiger partial charge is 0.240 e. The van der Waals surface area contributed by atoms with E-state index < -0.39 is 10.0 Å². The maximum atomic E-state index is 12.1. The monoisotopic (exact) mass is 418 g/mol. The molecule has 1 aromatic rings. The van der Waals surface area contributed by atoms with Gasteiger partial charge in [-0.1, -0.05) is 15.9 Å². The molecule has 1 aliphatic heterocycles. The van der Waals surface area contributed by atoms with Crippen LogP contribution in [0.4, 0.5) is 0 Å². The Kier molecular flexibility index (Phi) is 7.21. The summed E-state index contributed by atoms with van der Waals surface area (Å²) < 4.78 is 27.5. The number of carbonyl (C=O) groups is 1. The third-order valence-electron chi connectivity index (χ3n) is 4.40. The highest BCUT2D eigenvalue weighted by Crippen LogP contribution is 2.14. The highest BCUT2D eigenvalue weighted by Gasteiger charge is 2.27. The molecule has 134 valence electrons. The van der Waals surface area contributed by atoms with E-state index in [-0.39, 0.29) is 23.8 Å². The van der Waals surface area contributed by atoms with E-state index in [0.29, 0.717) is 12.6 Å². The molecule has 1 aliphatic rings. The van der Waals surface area contributed by atoms with E-state index in [9.17, 15) is 13.2 Å². The van der Waals surface area contributed by atoms with Gasteiger partial charge in [0, 0.05) is 30.3 Å². The van der Waals surface area contributed by atoms with Gasteiger partial charge in [0.1, 0.15) is 6.04 Å². The molecule has 2 rings (SSSR count). The van der Waals surface area contributed by atoms with E-state index in [0.717, 1.165) is 17.4 Å². The Hall–Kier alpha value is -0.960. The quantitative estimate of drug-likeness (QED) is 0.567. The van der Waals surface area contributed by atoms with Gasteiger partial charge in [-0.25, -0.2) is 13.1 Å². The topological polar surface area (TPSA) is 79.7 Å². The minimum absolute atomic E-state index is 0.0965.